The molecule has 8 nitrogen and oxygen atoms in total. The third-order valence-corrected chi connectivity index (χ3v) is 3.48. The van der Waals surface area contributed by atoms with E-state index < -0.39 is 17.4 Å². The van der Waals surface area contributed by atoms with E-state index in [4.69, 9.17) is 5.73 Å². The molecule has 0 saturated carbocycles. The van der Waals surface area contributed by atoms with Crippen molar-refractivity contribution >= 4 is 28.7 Å². The second-order valence-electron chi connectivity index (χ2n) is 5.86. The Balaban J connectivity index is 2.06. The summed E-state index contributed by atoms with van der Waals surface area (Å²) in [6, 6.07) is 1.39. The summed E-state index contributed by atoms with van der Waals surface area (Å²) < 4.78 is 1.68. The fourth-order valence-electron chi connectivity index (χ4n) is 1.94. The number of pyridine rings is 1. The van der Waals surface area contributed by atoms with Gasteiger partial charge in [-0.25, -0.2) is 9.78 Å². The van der Waals surface area contributed by atoms with E-state index in [9.17, 15) is 9.59 Å². The smallest absolute Gasteiger partial charge is 0.319 e. The number of fused-ring (bicyclic) bond motifs is 1. The number of rotatable bonds is 4. The SMILES string of the molecule is Cc1nn(C)c2ncc(NC(=O)NCC(C)(C)C(N)=O)cc12. The number of urea groups is 1. The quantitative estimate of drug-likeness (QED) is 0.778. The number of carbonyl (C=O) groups excluding carboxylic acids is 2. The first-order valence-electron chi connectivity index (χ1n) is 6.85. The van der Waals surface area contributed by atoms with E-state index in [-0.39, 0.29) is 6.54 Å². The summed E-state index contributed by atoms with van der Waals surface area (Å²) in [6.45, 7) is 5.36. The van der Waals surface area contributed by atoms with E-state index >= 15 is 0 Å². The lowest BCUT2D eigenvalue weighted by atomic mass is 9.93. The zero-order valence-electron chi connectivity index (χ0n) is 13.1. The lowest BCUT2D eigenvalue weighted by molar-refractivity contribution is -0.125. The van der Waals surface area contributed by atoms with Gasteiger partial charge in [0, 0.05) is 19.0 Å². The van der Waals surface area contributed by atoms with Crippen LogP contribution in [0.1, 0.15) is 19.5 Å². The van der Waals surface area contributed by atoms with Crippen LogP contribution in [0.3, 0.4) is 0 Å². The van der Waals surface area contributed by atoms with E-state index in [1.165, 1.54) is 0 Å². The van der Waals surface area contributed by atoms with Gasteiger partial charge in [-0.3, -0.25) is 9.48 Å². The van der Waals surface area contributed by atoms with Crippen LogP contribution in [0.2, 0.25) is 0 Å². The first-order chi connectivity index (χ1) is 10.2. The molecule has 0 radical (unpaired) electrons. The predicted molar refractivity (Wildman–Crippen MR) is 83.2 cm³/mol. The molecule has 2 aromatic rings. The van der Waals surface area contributed by atoms with Gasteiger partial charge in [-0.2, -0.15) is 5.10 Å². The van der Waals surface area contributed by atoms with Crippen molar-refractivity contribution in [2.45, 2.75) is 20.8 Å². The van der Waals surface area contributed by atoms with Crippen molar-refractivity contribution in [3.8, 4) is 0 Å². The number of carbonyl (C=O) groups is 2. The second-order valence-corrected chi connectivity index (χ2v) is 5.86. The third kappa shape index (κ3) is 3.16. The molecule has 0 aromatic carbocycles. The van der Waals surface area contributed by atoms with Gasteiger partial charge in [-0.05, 0) is 26.8 Å². The third-order valence-electron chi connectivity index (χ3n) is 3.48. The zero-order valence-corrected chi connectivity index (χ0v) is 13.1. The first-order valence-corrected chi connectivity index (χ1v) is 6.85. The highest BCUT2D eigenvalue weighted by atomic mass is 16.2. The second kappa shape index (κ2) is 5.63. The maximum atomic E-state index is 11.9. The molecule has 3 amide bonds. The number of hydrogen-bond donors (Lipinski definition) is 3. The molecule has 0 aliphatic heterocycles. The Hall–Kier alpha value is -2.64. The van der Waals surface area contributed by atoms with Gasteiger partial charge in [-0.15, -0.1) is 0 Å². The minimum absolute atomic E-state index is 0.149. The molecule has 0 bridgehead atoms. The van der Waals surface area contributed by atoms with E-state index in [0.29, 0.717) is 5.69 Å². The van der Waals surface area contributed by atoms with Crippen LogP contribution in [0.4, 0.5) is 10.5 Å². The molecule has 4 N–H and O–H groups in total. The summed E-state index contributed by atoms with van der Waals surface area (Å²) in [5.41, 5.74) is 6.59. The van der Waals surface area contributed by atoms with Crippen molar-refractivity contribution in [3.63, 3.8) is 0 Å². The van der Waals surface area contributed by atoms with Crippen molar-refractivity contribution in [1.29, 1.82) is 0 Å². The van der Waals surface area contributed by atoms with E-state index in [2.05, 4.69) is 20.7 Å². The van der Waals surface area contributed by atoms with Crippen LogP contribution in [0.25, 0.3) is 11.0 Å². The molecular weight excluding hydrogens is 284 g/mol. The average molecular weight is 304 g/mol. The van der Waals surface area contributed by atoms with Crippen LogP contribution in [0.15, 0.2) is 12.3 Å². The van der Waals surface area contributed by atoms with Crippen LogP contribution in [-0.4, -0.2) is 33.2 Å². The molecule has 0 saturated heterocycles. The Morgan fingerprint density at radius 1 is 1.41 bits per heavy atom. The summed E-state index contributed by atoms with van der Waals surface area (Å²) in [7, 11) is 1.81. The number of primary amides is 1. The van der Waals surface area contributed by atoms with Gasteiger partial charge >= 0.3 is 6.03 Å². The molecule has 0 atom stereocenters. The first kappa shape index (κ1) is 15.7. The van der Waals surface area contributed by atoms with Crippen molar-refractivity contribution < 1.29 is 9.59 Å². The van der Waals surface area contributed by atoms with Crippen LogP contribution in [-0.2, 0) is 11.8 Å². The van der Waals surface area contributed by atoms with E-state index in [1.54, 1.807) is 24.7 Å². The van der Waals surface area contributed by atoms with Gasteiger partial charge in [0.1, 0.15) is 0 Å². The summed E-state index contributed by atoms with van der Waals surface area (Å²) in [5, 5.41) is 10.4. The van der Waals surface area contributed by atoms with Gasteiger partial charge < -0.3 is 16.4 Å². The fourth-order valence-corrected chi connectivity index (χ4v) is 1.94. The number of aromatic nitrogens is 3. The number of amides is 3. The molecule has 2 heterocycles. The number of nitrogens with two attached hydrogens (primary N) is 1. The maximum absolute atomic E-state index is 11.9. The van der Waals surface area contributed by atoms with Crippen molar-refractivity contribution in [2.24, 2.45) is 18.2 Å². The lowest BCUT2D eigenvalue weighted by Gasteiger charge is -2.20. The summed E-state index contributed by atoms with van der Waals surface area (Å²) >= 11 is 0. The van der Waals surface area contributed by atoms with Crippen LogP contribution in [0, 0.1) is 12.3 Å². The van der Waals surface area contributed by atoms with Crippen molar-refractivity contribution in [1.82, 2.24) is 20.1 Å². The molecule has 0 aliphatic rings. The number of nitrogens with zero attached hydrogens (tertiary/aromatic N) is 3. The zero-order chi connectivity index (χ0) is 16.5. The lowest BCUT2D eigenvalue weighted by Crippen LogP contribution is -2.43. The van der Waals surface area contributed by atoms with Crippen LogP contribution in [0.5, 0.6) is 0 Å². The number of aryl methyl sites for hydroxylation is 2. The van der Waals surface area contributed by atoms with Gasteiger partial charge in [0.2, 0.25) is 5.91 Å². The Labute approximate surface area is 128 Å². The van der Waals surface area contributed by atoms with Crippen molar-refractivity contribution in [3.05, 3.63) is 18.0 Å². The van der Waals surface area contributed by atoms with Crippen LogP contribution >= 0.6 is 0 Å². The van der Waals surface area contributed by atoms with Crippen molar-refractivity contribution in [2.75, 3.05) is 11.9 Å². The minimum Gasteiger partial charge on any atom is -0.369 e. The van der Waals surface area contributed by atoms with Gasteiger partial charge in [-0.1, -0.05) is 0 Å². The van der Waals surface area contributed by atoms with Gasteiger partial charge in [0.15, 0.2) is 5.65 Å². The normalized spacial score (nSPS) is 11.5. The number of nitrogens with one attached hydrogen (secondary N) is 2. The predicted octanol–water partition coefficient (Wildman–Crippen LogP) is 0.910. The summed E-state index contributed by atoms with van der Waals surface area (Å²) in [5.74, 6) is -0.470. The molecule has 0 aliphatic carbocycles. The summed E-state index contributed by atoms with van der Waals surface area (Å²) in [6.07, 6.45) is 1.56. The molecule has 0 fully saturated rings. The maximum Gasteiger partial charge on any atom is 0.319 e. The Bertz CT molecular complexity index is 734. The van der Waals surface area contributed by atoms with Gasteiger partial charge in [0.25, 0.3) is 0 Å². The van der Waals surface area contributed by atoms with Crippen LogP contribution < -0.4 is 16.4 Å². The summed E-state index contributed by atoms with van der Waals surface area (Å²) in [4.78, 5) is 27.4. The average Bonchev–Trinajstić information content (AvgIpc) is 2.71. The molecule has 8 heteroatoms. The highest BCUT2D eigenvalue weighted by Crippen LogP contribution is 2.19. The Morgan fingerprint density at radius 3 is 2.73 bits per heavy atom. The minimum atomic E-state index is -0.806. The molecule has 0 spiro atoms. The highest BCUT2D eigenvalue weighted by Gasteiger charge is 2.25. The largest absolute Gasteiger partial charge is 0.369 e. The number of hydrogen-bond acceptors (Lipinski definition) is 4. The number of anilines is 1. The monoisotopic (exact) mass is 304 g/mol. The van der Waals surface area contributed by atoms with Gasteiger partial charge in [0.05, 0.1) is 23.0 Å². The highest BCUT2D eigenvalue weighted by molar-refractivity contribution is 5.92. The molecule has 2 aromatic heterocycles. The standard InChI is InChI=1S/C14H20N6O2/c1-8-10-5-9(6-16-11(10)20(4)19-8)18-13(22)17-7-14(2,3)12(15)21/h5-6H,7H2,1-4H3,(H2,15,21)(H2,17,18,22). The fraction of sp³-hybridized carbons (Fsp3) is 0.429. The molecule has 22 heavy (non-hydrogen) atoms. The van der Waals surface area contributed by atoms with E-state index in [0.717, 1.165) is 16.7 Å². The molecular formula is C14H20N6O2. The topological polar surface area (TPSA) is 115 Å². The van der Waals surface area contributed by atoms with E-state index in [1.807, 2.05) is 20.0 Å². The molecule has 2 rings (SSSR count). The Morgan fingerprint density at radius 2 is 2.09 bits per heavy atom. The molecule has 118 valence electrons. The Kier molecular flexibility index (Phi) is 4.03. The molecule has 0 unspecified atom stereocenters.